The maximum atomic E-state index is 10.8. The number of phenols is 1. The van der Waals surface area contributed by atoms with Gasteiger partial charge in [0.05, 0.1) is 6.61 Å². The van der Waals surface area contributed by atoms with Crippen molar-refractivity contribution in [2.45, 2.75) is 72.3 Å². The maximum Gasteiger partial charge on any atom is 1.00 e. The SMILES string of the molecule is CCc1c(CO[PH](=O)[O-])cc(C(C)(C)C)c(O)c1C(C)(C)C.[Na+]. The van der Waals surface area contributed by atoms with E-state index in [1.54, 1.807) is 0 Å². The van der Waals surface area contributed by atoms with Crippen LogP contribution in [-0.2, 0) is 32.9 Å². The molecule has 0 amide bonds. The number of aromatic hydroxyl groups is 1. The van der Waals surface area contributed by atoms with Crippen molar-refractivity contribution < 1.29 is 48.6 Å². The molecule has 1 aromatic carbocycles. The van der Waals surface area contributed by atoms with Crippen LogP contribution in [0.5, 0.6) is 5.75 Å². The summed E-state index contributed by atoms with van der Waals surface area (Å²) in [6.07, 6.45) is 0.711. The molecule has 126 valence electrons. The van der Waals surface area contributed by atoms with Crippen molar-refractivity contribution in [3.63, 3.8) is 0 Å². The van der Waals surface area contributed by atoms with Gasteiger partial charge in [-0.1, -0.05) is 48.5 Å². The van der Waals surface area contributed by atoms with Crippen molar-refractivity contribution in [3.8, 4) is 5.75 Å². The van der Waals surface area contributed by atoms with Gasteiger partial charge >= 0.3 is 29.6 Å². The molecule has 0 aromatic heterocycles. The molecule has 0 fully saturated rings. The normalized spacial score (nSPS) is 13.6. The minimum absolute atomic E-state index is 0. The van der Waals surface area contributed by atoms with E-state index >= 15 is 0 Å². The Hall–Kier alpha value is 0.170. The predicted octanol–water partition coefficient (Wildman–Crippen LogP) is 0.820. The summed E-state index contributed by atoms with van der Waals surface area (Å²) in [7, 11) is -3.22. The third-order valence-electron chi connectivity index (χ3n) is 3.76. The van der Waals surface area contributed by atoms with Crippen molar-refractivity contribution >= 4 is 8.25 Å². The summed E-state index contributed by atoms with van der Waals surface area (Å²) < 4.78 is 15.7. The van der Waals surface area contributed by atoms with E-state index in [0.717, 1.165) is 22.3 Å². The van der Waals surface area contributed by atoms with Crippen LogP contribution in [0.4, 0.5) is 0 Å². The Kier molecular flexibility index (Phi) is 8.57. The summed E-state index contributed by atoms with van der Waals surface area (Å²) in [6, 6.07) is 1.88. The van der Waals surface area contributed by atoms with Crippen LogP contribution in [0.3, 0.4) is 0 Å². The number of hydrogen-bond donors (Lipinski definition) is 1. The Bertz CT molecular complexity index is 571. The van der Waals surface area contributed by atoms with Gasteiger partial charge in [-0.3, -0.25) is 0 Å². The third-order valence-corrected chi connectivity index (χ3v) is 4.14. The molecule has 0 spiro atoms. The molecule has 0 aliphatic carbocycles. The number of hydrogen-bond acceptors (Lipinski definition) is 4. The van der Waals surface area contributed by atoms with Crippen molar-refractivity contribution in [2.75, 3.05) is 0 Å². The molecule has 6 heteroatoms. The van der Waals surface area contributed by atoms with E-state index < -0.39 is 8.25 Å². The van der Waals surface area contributed by atoms with Crippen LogP contribution in [0.25, 0.3) is 0 Å². The molecular formula is C17H28NaO4P. The molecule has 0 radical (unpaired) electrons. The summed E-state index contributed by atoms with van der Waals surface area (Å²) in [5.41, 5.74) is 3.03. The molecule has 1 atom stereocenters. The van der Waals surface area contributed by atoms with E-state index in [0.29, 0.717) is 12.2 Å². The van der Waals surface area contributed by atoms with Gasteiger partial charge in [-0.05, 0) is 40.0 Å². The molecule has 0 bridgehead atoms. The summed E-state index contributed by atoms with van der Waals surface area (Å²) in [6.45, 7) is 14.3. The van der Waals surface area contributed by atoms with Crippen molar-refractivity contribution in [1.82, 2.24) is 0 Å². The Morgan fingerprint density at radius 3 is 2.04 bits per heavy atom. The largest absolute Gasteiger partial charge is 1.00 e. The standard InChI is InChI=1S/C17H29O4P.Na/c1-8-12-11(10-21-22(19)20)9-13(16(2,3)4)15(18)14(12)17(5,6)7;/h9,18,22H,8,10H2,1-7H3,(H,19,20);/q;+1/p-1. The molecule has 0 saturated carbocycles. The van der Waals surface area contributed by atoms with E-state index in [4.69, 9.17) is 4.52 Å². The van der Waals surface area contributed by atoms with Crippen LogP contribution in [0.15, 0.2) is 6.07 Å². The van der Waals surface area contributed by atoms with E-state index in [1.165, 1.54) is 0 Å². The molecule has 0 heterocycles. The molecule has 1 unspecified atom stereocenters. The topological polar surface area (TPSA) is 69.6 Å². The molecule has 23 heavy (non-hydrogen) atoms. The predicted molar refractivity (Wildman–Crippen MR) is 88.7 cm³/mol. The molecule has 4 nitrogen and oxygen atoms in total. The van der Waals surface area contributed by atoms with Gasteiger partial charge in [-0.2, -0.15) is 0 Å². The fraction of sp³-hybridized carbons (Fsp3) is 0.647. The van der Waals surface area contributed by atoms with Crippen LogP contribution < -0.4 is 34.5 Å². The molecule has 1 rings (SSSR count). The molecule has 1 N–H and O–H groups in total. The fourth-order valence-corrected chi connectivity index (χ4v) is 3.09. The van der Waals surface area contributed by atoms with Gasteiger partial charge in [-0.25, -0.2) is 0 Å². The number of phenolic OH excluding ortho intramolecular Hbond substituents is 1. The van der Waals surface area contributed by atoms with Gasteiger partial charge in [0.2, 0.25) is 0 Å². The zero-order chi connectivity index (χ0) is 17.3. The number of rotatable bonds is 4. The fourth-order valence-electron chi connectivity index (χ4n) is 2.82. The van der Waals surface area contributed by atoms with Crippen LogP contribution >= 0.6 is 8.25 Å². The third kappa shape index (κ3) is 5.88. The van der Waals surface area contributed by atoms with Crippen molar-refractivity contribution in [3.05, 3.63) is 28.3 Å². The van der Waals surface area contributed by atoms with Crippen molar-refractivity contribution in [2.24, 2.45) is 0 Å². The van der Waals surface area contributed by atoms with Gasteiger partial charge in [0.15, 0.2) is 0 Å². The molecule has 0 saturated heterocycles. The van der Waals surface area contributed by atoms with Crippen LogP contribution in [0.2, 0.25) is 0 Å². The van der Waals surface area contributed by atoms with Gasteiger partial charge in [0.25, 0.3) is 0 Å². The Balaban J connectivity index is 0.00000484. The first-order valence-corrected chi connectivity index (χ1v) is 8.84. The summed E-state index contributed by atoms with van der Waals surface area (Å²) >= 11 is 0. The van der Waals surface area contributed by atoms with Gasteiger partial charge in [-0.15, -0.1) is 0 Å². The van der Waals surface area contributed by atoms with E-state index in [1.807, 2.05) is 33.8 Å². The van der Waals surface area contributed by atoms with E-state index in [9.17, 15) is 14.6 Å². The zero-order valence-corrected chi connectivity index (χ0v) is 18.7. The average molecular weight is 350 g/mol. The summed E-state index contributed by atoms with van der Waals surface area (Å²) in [5.74, 6) is 0.315. The van der Waals surface area contributed by atoms with Gasteiger partial charge < -0.3 is 19.1 Å². The molecular weight excluding hydrogens is 322 g/mol. The number of benzene rings is 1. The van der Waals surface area contributed by atoms with Crippen LogP contribution in [-0.4, -0.2) is 5.11 Å². The molecule has 1 aromatic rings. The monoisotopic (exact) mass is 350 g/mol. The molecule has 0 aliphatic heterocycles. The van der Waals surface area contributed by atoms with E-state index in [-0.39, 0.29) is 47.0 Å². The quantitative estimate of drug-likeness (QED) is 0.645. The average Bonchev–Trinajstić information content (AvgIpc) is 2.33. The second-order valence-electron chi connectivity index (χ2n) is 7.68. The molecule has 0 aliphatic rings. The first-order valence-electron chi connectivity index (χ1n) is 7.62. The van der Waals surface area contributed by atoms with Gasteiger partial charge in [0.1, 0.15) is 14.0 Å². The zero-order valence-electron chi connectivity index (χ0n) is 15.7. The second-order valence-corrected chi connectivity index (χ2v) is 8.47. The van der Waals surface area contributed by atoms with Gasteiger partial charge in [0, 0.05) is 5.56 Å². The first kappa shape index (κ1) is 23.2. The van der Waals surface area contributed by atoms with Crippen LogP contribution in [0.1, 0.15) is 70.7 Å². The Labute approximate surface area is 162 Å². The van der Waals surface area contributed by atoms with Crippen LogP contribution in [0, 0.1) is 0 Å². The minimum atomic E-state index is -3.22. The Morgan fingerprint density at radius 1 is 1.17 bits per heavy atom. The second kappa shape index (κ2) is 8.51. The summed E-state index contributed by atoms with van der Waals surface area (Å²) in [5, 5.41) is 10.8. The minimum Gasteiger partial charge on any atom is -0.781 e. The first-order chi connectivity index (χ1) is 9.89. The summed E-state index contributed by atoms with van der Waals surface area (Å²) in [4.78, 5) is 10.8. The maximum absolute atomic E-state index is 10.8. The van der Waals surface area contributed by atoms with Crippen molar-refractivity contribution in [1.29, 1.82) is 0 Å². The smallest absolute Gasteiger partial charge is 0.781 e. The van der Waals surface area contributed by atoms with E-state index in [2.05, 4.69) is 20.8 Å². The Morgan fingerprint density at radius 2 is 1.70 bits per heavy atom.